The summed E-state index contributed by atoms with van der Waals surface area (Å²) in [5, 5.41) is 18.0. The number of benzene rings is 1. The van der Waals surface area contributed by atoms with Gasteiger partial charge in [0, 0.05) is 35.6 Å². The third kappa shape index (κ3) is 4.30. The first-order valence-corrected chi connectivity index (χ1v) is 12.8. The van der Waals surface area contributed by atoms with Gasteiger partial charge in [0.05, 0.1) is 18.4 Å². The average molecular weight is 520 g/mol. The van der Waals surface area contributed by atoms with Crippen molar-refractivity contribution in [2.45, 2.75) is 38.5 Å². The summed E-state index contributed by atoms with van der Waals surface area (Å²) >= 11 is 0. The molecule has 1 fully saturated rings. The number of imide groups is 1. The number of amides is 2. The zero-order chi connectivity index (χ0) is 27.1. The minimum atomic E-state index is -0.989. The van der Waals surface area contributed by atoms with Crippen LogP contribution in [0.15, 0.2) is 58.7 Å². The summed E-state index contributed by atoms with van der Waals surface area (Å²) in [4.78, 5) is 65.4. The van der Waals surface area contributed by atoms with Crippen LogP contribution in [-0.2, 0) is 24.0 Å². The molecule has 0 bridgehead atoms. The minimum Gasteiger partial charge on any atom is -0.491 e. The number of allylic oxidation sites excluding steroid dienone is 6. The van der Waals surface area contributed by atoms with Crippen LogP contribution >= 0.6 is 0 Å². The van der Waals surface area contributed by atoms with E-state index in [1.54, 1.807) is 19.1 Å². The van der Waals surface area contributed by atoms with E-state index in [2.05, 4.69) is 0 Å². The zero-order valence-corrected chi connectivity index (χ0v) is 21.0. The highest BCUT2D eigenvalue weighted by Gasteiger charge is 2.56. The van der Waals surface area contributed by atoms with Crippen LogP contribution < -0.4 is 4.74 Å². The Morgan fingerprint density at radius 1 is 1.08 bits per heavy atom. The number of rotatable bonds is 8. The maximum atomic E-state index is 13.5. The molecule has 0 saturated carbocycles. The predicted molar refractivity (Wildman–Crippen MR) is 134 cm³/mol. The van der Waals surface area contributed by atoms with E-state index >= 15 is 0 Å². The summed E-state index contributed by atoms with van der Waals surface area (Å²) < 4.78 is 5.48. The van der Waals surface area contributed by atoms with E-state index in [9.17, 15) is 24.0 Å². The number of carboxylic acid groups (broad SMARTS) is 1. The summed E-state index contributed by atoms with van der Waals surface area (Å²) in [6, 6.07) is 7.13. The number of carbonyl (C=O) groups is 5. The maximum Gasteiger partial charge on any atom is 0.303 e. The molecular formula is C29H29NO8. The third-order valence-electron chi connectivity index (χ3n) is 8.00. The number of aliphatic carboxylic acids is 1. The highest BCUT2D eigenvalue weighted by Crippen LogP contribution is 2.55. The molecule has 1 heterocycles. The van der Waals surface area contributed by atoms with Crippen molar-refractivity contribution in [1.29, 1.82) is 0 Å². The van der Waals surface area contributed by atoms with Crippen LogP contribution in [0.5, 0.6) is 5.75 Å². The van der Waals surface area contributed by atoms with Gasteiger partial charge in [-0.3, -0.25) is 28.9 Å². The molecule has 2 amide bonds. The molecule has 0 aromatic heterocycles. The standard InChI is InChI=1S/C29H29NO8/c1-15-13-22(32)21-14-20-18(8-9-19-25(20)29(37)30(28(19)36)10-2-3-23(33)34)24(26(21)27(15)35)16-4-6-17(7-5-16)38-12-11-31/h4-8,13,19-20,24-25,31H,2-3,9-12,14H2,1H3,(H,33,34)/t19-,20+,24-,25-/m0/s1. The lowest BCUT2D eigenvalue weighted by Gasteiger charge is -2.42. The molecule has 1 aromatic carbocycles. The van der Waals surface area contributed by atoms with Gasteiger partial charge < -0.3 is 14.9 Å². The molecular weight excluding hydrogens is 490 g/mol. The molecule has 0 spiro atoms. The molecule has 198 valence electrons. The number of aliphatic hydroxyl groups excluding tert-OH is 1. The molecule has 0 unspecified atom stereocenters. The largest absolute Gasteiger partial charge is 0.491 e. The number of fused-ring (bicyclic) bond motifs is 3. The second-order valence-corrected chi connectivity index (χ2v) is 10.2. The van der Waals surface area contributed by atoms with Crippen molar-refractivity contribution < 1.29 is 38.9 Å². The number of likely N-dealkylation sites (tertiary alicyclic amines) is 1. The van der Waals surface area contributed by atoms with Gasteiger partial charge in [-0.1, -0.05) is 23.8 Å². The summed E-state index contributed by atoms with van der Waals surface area (Å²) in [7, 11) is 0. The number of hydrogen-bond acceptors (Lipinski definition) is 7. The number of Topliss-reactive ketones (excluding diaryl/α,β-unsaturated/α-hetero) is 1. The number of ketones is 2. The number of aliphatic hydroxyl groups is 1. The van der Waals surface area contributed by atoms with Crippen LogP contribution in [0.4, 0.5) is 0 Å². The molecule has 1 aromatic rings. The summed E-state index contributed by atoms with van der Waals surface area (Å²) in [6.45, 7) is 1.69. The fraction of sp³-hybridized carbons (Fsp3) is 0.414. The van der Waals surface area contributed by atoms with E-state index in [0.717, 1.165) is 11.1 Å². The normalized spacial score (nSPS) is 26.5. The highest BCUT2D eigenvalue weighted by atomic mass is 16.5. The molecule has 1 aliphatic heterocycles. The fourth-order valence-electron chi connectivity index (χ4n) is 6.33. The average Bonchev–Trinajstić information content (AvgIpc) is 3.14. The van der Waals surface area contributed by atoms with E-state index in [0.29, 0.717) is 28.9 Å². The van der Waals surface area contributed by atoms with Crippen LogP contribution in [0, 0.1) is 17.8 Å². The van der Waals surface area contributed by atoms with Gasteiger partial charge >= 0.3 is 5.97 Å². The summed E-state index contributed by atoms with van der Waals surface area (Å²) in [6.07, 6.45) is 3.87. The van der Waals surface area contributed by atoms with Gasteiger partial charge in [0.2, 0.25) is 11.8 Å². The number of ether oxygens (including phenoxy) is 1. The molecule has 2 N–H and O–H groups in total. The monoisotopic (exact) mass is 519 g/mol. The second-order valence-electron chi connectivity index (χ2n) is 10.2. The van der Waals surface area contributed by atoms with Gasteiger partial charge in [0.15, 0.2) is 11.6 Å². The molecule has 4 aliphatic rings. The van der Waals surface area contributed by atoms with Gasteiger partial charge in [0.1, 0.15) is 12.4 Å². The van der Waals surface area contributed by atoms with Crippen molar-refractivity contribution in [3.8, 4) is 5.75 Å². The smallest absolute Gasteiger partial charge is 0.303 e. The highest BCUT2D eigenvalue weighted by molar-refractivity contribution is 6.23. The summed E-state index contributed by atoms with van der Waals surface area (Å²) in [5.41, 5.74) is 2.81. The lowest BCUT2D eigenvalue weighted by Crippen LogP contribution is -2.39. The van der Waals surface area contributed by atoms with Crippen molar-refractivity contribution in [2.24, 2.45) is 17.8 Å². The molecule has 3 aliphatic carbocycles. The van der Waals surface area contributed by atoms with Crippen LogP contribution in [-0.4, -0.2) is 64.2 Å². The van der Waals surface area contributed by atoms with Gasteiger partial charge in [-0.05, 0) is 55.9 Å². The number of hydrogen-bond donors (Lipinski definition) is 2. The first kappa shape index (κ1) is 25.8. The molecule has 9 nitrogen and oxygen atoms in total. The predicted octanol–water partition coefficient (Wildman–Crippen LogP) is 2.35. The van der Waals surface area contributed by atoms with Crippen molar-refractivity contribution in [3.63, 3.8) is 0 Å². The summed E-state index contributed by atoms with van der Waals surface area (Å²) in [5.74, 6) is -3.71. The molecule has 0 radical (unpaired) electrons. The van der Waals surface area contributed by atoms with Gasteiger partial charge in [-0.25, -0.2) is 0 Å². The Hall–Kier alpha value is -3.85. The van der Waals surface area contributed by atoms with E-state index < -0.39 is 29.6 Å². The topological polar surface area (TPSA) is 138 Å². The second kappa shape index (κ2) is 10.1. The van der Waals surface area contributed by atoms with Crippen molar-refractivity contribution in [2.75, 3.05) is 19.8 Å². The number of nitrogens with zero attached hydrogens (tertiary/aromatic N) is 1. The molecule has 5 rings (SSSR count). The zero-order valence-electron chi connectivity index (χ0n) is 21.0. The third-order valence-corrected chi connectivity index (χ3v) is 8.00. The van der Waals surface area contributed by atoms with E-state index in [1.165, 1.54) is 11.0 Å². The quantitative estimate of drug-likeness (QED) is 0.303. The van der Waals surface area contributed by atoms with E-state index in [4.69, 9.17) is 14.9 Å². The van der Waals surface area contributed by atoms with Crippen molar-refractivity contribution in [3.05, 3.63) is 64.3 Å². The first-order chi connectivity index (χ1) is 18.2. The van der Waals surface area contributed by atoms with E-state index in [-0.39, 0.29) is 62.4 Å². The van der Waals surface area contributed by atoms with Crippen molar-refractivity contribution in [1.82, 2.24) is 4.90 Å². The lowest BCUT2D eigenvalue weighted by atomic mass is 9.59. The van der Waals surface area contributed by atoms with Crippen LogP contribution in [0.25, 0.3) is 0 Å². The van der Waals surface area contributed by atoms with Crippen LogP contribution in [0.3, 0.4) is 0 Å². The Morgan fingerprint density at radius 3 is 2.50 bits per heavy atom. The number of carboxylic acids is 1. The molecule has 4 atom stereocenters. The lowest BCUT2D eigenvalue weighted by molar-refractivity contribution is -0.142. The van der Waals surface area contributed by atoms with Gasteiger partial charge in [-0.15, -0.1) is 0 Å². The SMILES string of the molecule is CC1=CC(=O)C2=C(C1=O)[C@@H](c1ccc(OCCO)cc1)C1=CC[C@@H]3C(=O)N(CCCC(=O)O)C(=O)[C@@H]3[C@@H]1C2. The van der Waals surface area contributed by atoms with Crippen LogP contribution in [0.1, 0.15) is 44.1 Å². The molecule has 1 saturated heterocycles. The Kier molecular flexibility index (Phi) is 6.88. The number of carbonyl (C=O) groups excluding carboxylic acids is 4. The van der Waals surface area contributed by atoms with Crippen LogP contribution in [0.2, 0.25) is 0 Å². The molecule has 9 heteroatoms. The van der Waals surface area contributed by atoms with Gasteiger partial charge in [0.25, 0.3) is 0 Å². The van der Waals surface area contributed by atoms with Gasteiger partial charge in [-0.2, -0.15) is 0 Å². The Morgan fingerprint density at radius 2 is 1.82 bits per heavy atom. The fourth-order valence-corrected chi connectivity index (χ4v) is 6.33. The van der Waals surface area contributed by atoms with Crippen molar-refractivity contribution >= 4 is 29.4 Å². The minimum absolute atomic E-state index is 0.0467. The maximum absolute atomic E-state index is 13.5. The first-order valence-electron chi connectivity index (χ1n) is 12.8. The van der Waals surface area contributed by atoms with E-state index in [1.807, 2.05) is 18.2 Å². The Bertz CT molecular complexity index is 1320. The Labute approximate surface area is 219 Å². The molecule has 38 heavy (non-hydrogen) atoms. The Balaban J connectivity index is 1.53.